The van der Waals surface area contributed by atoms with E-state index in [0.29, 0.717) is 18.0 Å². The topological polar surface area (TPSA) is 29.3 Å². The Kier molecular flexibility index (Phi) is 8.07. The third-order valence-corrected chi connectivity index (χ3v) is 3.08. The van der Waals surface area contributed by atoms with Crippen LogP contribution in [0, 0.1) is 5.92 Å². The van der Waals surface area contributed by atoms with Crippen molar-refractivity contribution in [1.29, 1.82) is 0 Å². The van der Waals surface area contributed by atoms with Crippen LogP contribution in [0.25, 0.3) is 0 Å². The van der Waals surface area contributed by atoms with Gasteiger partial charge < -0.3 is 5.73 Å². The van der Waals surface area contributed by atoms with Crippen molar-refractivity contribution < 1.29 is 0 Å². The summed E-state index contributed by atoms with van der Waals surface area (Å²) in [6.45, 7) is 13.4. The first-order chi connectivity index (χ1) is 6.99. The maximum atomic E-state index is 6.12. The fourth-order valence-electron chi connectivity index (χ4n) is 1.61. The molecule has 0 aliphatic carbocycles. The van der Waals surface area contributed by atoms with Crippen molar-refractivity contribution in [3.05, 3.63) is 0 Å². The van der Waals surface area contributed by atoms with E-state index in [2.05, 4.69) is 39.5 Å². The van der Waals surface area contributed by atoms with E-state index in [1.807, 2.05) is 0 Å². The molecule has 0 aliphatic rings. The van der Waals surface area contributed by atoms with Gasteiger partial charge in [0.1, 0.15) is 0 Å². The van der Waals surface area contributed by atoms with E-state index in [4.69, 9.17) is 5.73 Å². The number of rotatable bonds is 8. The Morgan fingerprint density at radius 1 is 1.07 bits per heavy atom. The second-order valence-electron chi connectivity index (χ2n) is 5.20. The summed E-state index contributed by atoms with van der Waals surface area (Å²) in [6.07, 6.45) is 3.93. The van der Waals surface area contributed by atoms with Crippen molar-refractivity contribution in [2.75, 3.05) is 13.1 Å². The standard InChI is InChI=1S/C13H30N2/c1-6-7-8-9-15(12(4)5)10-13(14)11(2)3/h11-13H,6-10,14H2,1-5H3. The Morgan fingerprint density at radius 2 is 1.67 bits per heavy atom. The van der Waals surface area contributed by atoms with Gasteiger partial charge in [-0.25, -0.2) is 0 Å². The van der Waals surface area contributed by atoms with Crippen LogP contribution in [0.15, 0.2) is 0 Å². The Balaban J connectivity index is 3.93. The van der Waals surface area contributed by atoms with E-state index in [1.165, 1.54) is 25.8 Å². The Morgan fingerprint density at radius 3 is 2.07 bits per heavy atom. The molecule has 92 valence electrons. The fourth-order valence-corrected chi connectivity index (χ4v) is 1.61. The zero-order valence-electron chi connectivity index (χ0n) is 11.3. The summed E-state index contributed by atoms with van der Waals surface area (Å²) in [5.74, 6) is 0.581. The zero-order chi connectivity index (χ0) is 11.8. The zero-order valence-corrected chi connectivity index (χ0v) is 11.3. The van der Waals surface area contributed by atoms with Gasteiger partial charge in [-0.05, 0) is 32.7 Å². The molecule has 0 aromatic rings. The summed E-state index contributed by atoms with van der Waals surface area (Å²) in [4.78, 5) is 2.51. The summed E-state index contributed by atoms with van der Waals surface area (Å²) in [6, 6.07) is 0.931. The van der Waals surface area contributed by atoms with Crippen LogP contribution in [0.4, 0.5) is 0 Å². The minimum absolute atomic E-state index is 0.314. The molecule has 0 spiro atoms. The monoisotopic (exact) mass is 214 g/mol. The number of unbranched alkanes of at least 4 members (excludes halogenated alkanes) is 2. The van der Waals surface area contributed by atoms with Crippen LogP contribution in [0.3, 0.4) is 0 Å². The minimum Gasteiger partial charge on any atom is -0.326 e. The Hall–Kier alpha value is -0.0800. The minimum atomic E-state index is 0.314. The smallest absolute Gasteiger partial charge is 0.0191 e. The van der Waals surface area contributed by atoms with Crippen LogP contribution >= 0.6 is 0 Å². The van der Waals surface area contributed by atoms with Gasteiger partial charge in [-0.3, -0.25) is 4.90 Å². The molecule has 0 bridgehead atoms. The van der Waals surface area contributed by atoms with Crippen LogP contribution in [0.2, 0.25) is 0 Å². The van der Waals surface area contributed by atoms with E-state index in [9.17, 15) is 0 Å². The molecule has 0 radical (unpaired) electrons. The summed E-state index contributed by atoms with van der Waals surface area (Å²) in [7, 11) is 0. The van der Waals surface area contributed by atoms with Gasteiger partial charge in [0.05, 0.1) is 0 Å². The van der Waals surface area contributed by atoms with Crippen LogP contribution in [0.5, 0.6) is 0 Å². The third kappa shape index (κ3) is 6.91. The average molecular weight is 214 g/mol. The van der Waals surface area contributed by atoms with Crippen molar-refractivity contribution in [3.8, 4) is 0 Å². The first kappa shape index (κ1) is 14.9. The number of hydrogen-bond donors (Lipinski definition) is 1. The quantitative estimate of drug-likeness (QED) is 0.630. The lowest BCUT2D eigenvalue weighted by Gasteiger charge is -2.30. The van der Waals surface area contributed by atoms with E-state index in [1.54, 1.807) is 0 Å². The Bertz CT molecular complexity index is 143. The average Bonchev–Trinajstić information content (AvgIpc) is 2.15. The molecule has 0 aromatic heterocycles. The maximum Gasteiger partial charge on any atom is 0.0191 e. The molecule has 1 unspecified atom stereocenters. The first-order valence-corrected chi connectivity index (χ1v) is 6.48. The molecule has 2 N–H and O–H groups in total. The molecule has 0 saturated heterocycles. The lowest BCUT2D eigenvalue weighted by molar-refractivity contribution is 0.191. The predicted octanol–water partition coefficient (Wildman–Crippen LogP) is 2.87. The molecule has 0 aromatic carbocycles. The number of nitrogens with zero attached hydrogens (tertiary/aromatic N) is 1. The molecule has 2 nitrogen and oxygen atoms in total. The second kappa shape index (κ2) is 8.12. The van der Waals surface area contributed by atoms with E-state index < -0.39 is 0 Å². The van der Waals surface area contributed by atoms with Crippen molar-refractivity contribution in [2.24, 2.45) is 11.7 Å². The molecular weight excluding hydrogens is 184 g/mol. The van der Waals surface area contributed by atoms with Crippen molar-refractivity contribution in [1.82, 2.24) is 4.90 Å². The molecule has 0 amide bonds. The van der Waals surface area contributed by atoms with Crippen LogP contribution in [0.1, 0.15) is 53.9 Å². The van der Waals surface area contributed by atoms with Crippen LogP contribution in [-0.2, 0) is 0 Å². The van der Waals surface area contributed by atoms with Crippen LogP contribution in [-0.4, -0.2) is 30.1 Å². The highest BCUT2D eigenvalue weighted by Crippen LogP contribution is 2.07. The summed E-state index contributed by atoms with van der Waals surface area (Å²) in [5.41, 5.74) is 6.12. The highest BCUT2D eigenvalue weighted by Gasteiger charge is 2.15. The van der Waals surface area contributed by atoms with Gasteiger partial charge in [0, 0.05) is 18.6 Å². The van der Waals surface area contributed by atoms with Gasteiger partial charge in [-0.15, -0.1) is 0 Å². The highest BCUT2D eigenvalue weighted by molar-refractivity contribution is 4.73. The van der Waals surface area contributed by atoms with E-state index in [0.717, 1.165) is 6.54 Å². The van der Waals surface area contributed by atoms with Crippen molar-refractivity contribution >= 4 is 0 Å². The Labute approximate surface area is 96.2 Å². The van der Waals surface area contributed by atoms with E-state index >= 15 is 0 Å². The van der Waals surface area contributed by atoms with Gasteiger partial charge in [0.15, 0.2) is 0 Å². The first-order valence-electron chi connectivity index (χ1n) is 6.48. The van der Waals surface area contributed by atoms with Gasteiger partial charge in [0.2, 0.25) is 0 Å². The molecule has 15 heavy (non-hydrogen) atoms. The van der Waals surface area contributed by atoms with E-state index in [-0.39, 0.29) is 0 Å². The third-order valence-electron chi connectivity index (χ3n) is 3.08. The normalized spacial score (nSPS) is 14.2. The van der Waals surface area contributed by atoms with Gasteiger partial charge in [-0.2, -0.15) is 0 Å². The summed E-state index contributed by atoms with van der Waals surface area (Å²) in [5, 5.41) is 0. The lowest BCUT2D eigenvalue weighted by Crippen LogP contribution is -2.44. The van der Waals surface area contributed by atoms with Crippen molar-refractivity contribution in [2.45, 2.75) is 66.0 Å². The van der Waals surface area contributed by atoms with Gasteiger partial charge >= 0.3 is 0 Å². The summed E-state index contributed by atoms with van der Waals surface area (Å²) >= 11 is 0. The van der Waals surface area contributed by atoms with Crippen molar-refractivity contribution in [3.63, 3.8) is 0 Å². The molecule has 1 atom stereocenters. The maximum absolute atomic E-state index is 6.12. The molecule has 0 fully saturated rings. The SMILES string of the molecule is CCCCCN(CC(N)C(C)C)C(C)C. The summed E-state index contributed by atoms with van der Waals surface area (Å²) < 4.78 is 0. The lowest BCUT2D eigenvalue weighted by atomic mass is 10.0. The predicted molar refractivity (Wildman–Crippen MR) is 69.0 cm³/mol. The molecule has 0 aliphatic heterocycles. The molecule has 0 heterocycles. The molecule has 2 heteroatoms. The molecule has 0 saturated carbocycles. The molecular formula is C13H30N2. The molecule has 0 rings (SSSR count). The highest BCUT2D eigenvalue weighted by atomic mass is 15.2. The van der Waals surface area contributed by atoms with Gasteiger partial charge in [-0.1, -0.05) is 33.6 Å². The largest absolute Gasteiger partial charge is 0.326 e. The number of nitrogens with two attached hydrogens (primary N) is 1. The second-order valence-corrected chi connectivity index (χ2v) is 5.20. The van der Waals surface area contributed by atoms with Gasteiger partial charge in [0.25, 0.3) is 0 Å². The fraction of sp³-hybridized carbons (Fsp3) is 1.00. The number of hydrogen-bond acceptors (Lipinski definition) is 2. The van der Waals surface area contributed by atoms with Crippen LogP contribution < -0.4 is 5.73 Å².